The molecule has 0 radical (unpaired) electrons. The normalized spacial score (nSPS) is 9.43. The molecular formula is C17H13ClO3. The molecule has 0 atom stereocenters. The van der Waals surface area contributed by atoms with E-state index in [1.54, 1.807) is 25.3 Å². The van der Waals surface area contributed by atoms with E-state index < -0.39 is 0 Å². The maximum atomic E-state index is 10.9. The molecule has 0 saturated carbocycles. The first kappa shape index (κ1) is 15.0. The number of hydrogen-bond donors (Lipinski definition) is 0. The third-order valence-corrected chi connectivity index (χ3v) is 2.94. The molecule has 0 aromatic heterocycles. The first-order valence-electron chi connectivity index (χ1n) is 6.23. The van der Waals surface area contributed by atoms with Gasteiger partial charge in [-0.15, -0.1) is 0 Å². The van der Waals surface area contributed by atoms with Gasteiger partial charge >= 0.3 is 0 Å². The van der Waals surface area contributed by atoms with Crippen LogP contribution in [-0.2, 0) is 0 Å². The standard InChI is InChI=1S/C17H13ClO3/c1-20-16-6-2-4-13(10-16)5-3-9-21-17-8-7-15(18)11-14(17)12-19/h2,4,6-8,10-12H,9H2,1H3. The summed E-state index contributed by atoms with van der Waals surface area (Å²) in [7, 11) is 1.61. The third-order valence-electron chi connectivity index (χ3n) is 2.70. The molecule has 0 N–H and O–H groups in total. The SMILES string of the molecule is COc1cccc(C#CCOc2ccc(Cl)cc2C=O)c1. The van der Waals surface area contributed by atoms with Crippen LogP contribution in [0.25, 0.3) is 0 Å². The van der Waals surface area contributed by atoms with E-state index >= 15 is 0 Å². The van der Waals surface area contributed by atoms with Gasteiger partial charge in [0.25, 0.3) is 0 Å². The van der Waals surface area contributed by atoms with Crippen molar-refractivity contribution in [1.82, 2.24) is 0 Å². The number of halogens is 1. The summed E-state index contributed by atoms with van der Waals surface area (Å²) in [4.78, 5) is 10.9. The summed E-state index contributed by atoms with van der Waals surface area (Å²) in [5, 5.41) is 0.493. The van der Waals surface area contributed by atoms with Gasteiger partial charge in [0.05, 0.1) is 12.7 Å². The minimum absolute atomic E-state index is 0.180. The lowest BCUT2D eigenvalue weighted by Gasteiger charge is -2.05. The number of ether oxygens (including phenoxy) is 2. The molecule has 2 aromatic carbocycles. The predicted octanol–water partition coefficient (Wildman–Crippen LogP) is 3.59. The van der Waals surface area contributed by atoms with Crippen molar-refractivity contribution in [3.8, 4) is 23.3 Å². The Morgan fingerprint density at radius 3 is 2.86 bits per heavy atom. The largest absolute Gasteiger partial charge is 0.497 e. The van der Waals surface area contributed by atoms with Crippen LogP contribution in [-0.4, -0.2) is 20.0 Å². The van der Waals surface area contributed by atoms with Gasteiger partial charge in [0.1, 0.15) is 18.1 Å². The van der Waals surface area contributed by atoms with Crippen LogP contribution < -0.4 is 9.47 Å². The lowest BCUT2D eigenvalue weighted by atomic mass is 10.2. The molecule has 106 valence electrons. The van der Waals surface area contributed by atoms with Crippen molar-refractivity contribution >= 4 is 17.9 Å². The number of carbonyl (C=O) groups is 1. The molecule has 0 heterocycles. The highest BCUT2D eigenvalue weighted by atomic mass is 35.5. The third kappa shape index (κ3) is 4.27. The topological polar surface area (TPSA) is 35.5 Å². The van der Waals surface area contributed by atoms with Crippen LogP contribution >= 0.6 is 11.6 Å². The fourth-order valence-corrected chi connectivity index (χ4v) is 1.88. The fourth-order valence-electron chi connectivity index (χ4n) is 1.70. The van der Waals surface area contributed by atoms with E-state index in [9.17, 15) is 4.79 Å². The molecule has 0 fully saturated rings. The van der Waals surface area contributed by atoms with Gasteiger partial charge in [0, 0.05) is 10.6 Å². The maximum absolute atomic E-state index is 10.9. The molecule has 0 spiro atoms. The number of methoxy groups -OCH3 is 1. The average Bonchev–Trinajstić information content (AvgIpc) is 2.52. The molecule has 0 amide bonds. The van der Waals surface area contributed by atoms with Gasteiger partial charge in [-0.05, 0) is 36.4 Å². The van der Waals surface area contributed by atoms with Gasteiger partial charge < -0.3 is 9.47 Å². The molecule has 0 unspecified atom stereocenters. The Balaban J connectivity index is 2.02. The monoisotopic (exact) mass is 300 g/mol. The molecule has 2 rings (SSSR count). The number of carbonyl (C=O) groups excluding carboxylic acids is 1. The van der Waals surface area contributed by atoms with Gasteiger partial charge in [0.2, 0.25) is 0 Å². The number of benzene rings is 2. The lowest BCUT2D eigenvalue weighted by molar-refractivity contribution is 0.112. The maximum Gasteiger partial charge on any atom is 0.153 e. The summed E-state index contributed by atoms with van der Waals surface area (Å²) in [6, 6.07) is 12.3. The van der Waals surface area contributed by atoms with E-state index in [-0.39, 0.29) is 6.61 Å². The van der Waals surface area contributed by atoms with E-state index in [1.807, 2.05) is 24.3 Å². The van der Waals surface area contributed by atoms with E-state index in [2.05, 4.69) is 11.8 Å². The summed E-state index contributed by atoms with van der Waals surface area (Å²) in [6.45, 7) is 0.180. The second-order valence-corrected chi connectivity index (χ2v) is 4.56. The number of aldehydes is 1. The molecule has 4 heteroatoms. The highest BCUT2D eigenvalue weighted by molar-refractivity contribution is 6.30. The second-order valence-electron chi connectivity index (χ2n) is 4.12. The van der Waals surface area contributed by atoms with Crippen LogP contribution in [0, 0.1) is 11.8 Å². The van der Waals surface area contributed by atoms with Gasteiger partial charge in [-0.25, -0.2) is 0 Å². The smallest absolute Gasteiger partial charge is 0.153 e. The van der Waals surface area contributed by atoms with Crippen LogP contribution in [0.3, 0.4) is 0 Å². The quantitative estimate of drug-likeness (QED) is 0.639. The molecule has 2 aromatic rings. The van der Waals surface area contributed by atoms with E-state index in [0.29, 0.717) is 22.6 Å². The zero-order valence-corrected chi connectivity index (χ0v) is 12.2. The van der Waals surface area contributed by atoms with Crippen molar-refractivity contribution in [1.29, 1.82) is 0 Å². The van der Waals surface area contributed by atoms with Crippen LogP contribution in [0.1, 0.15) is 15.9 Å². The van der Waals surface area contributed by atoms with Crippen molar-refractivity contribution in [3.63, 3.8) is 0 Å². The summed E-state index contributed by atoms with van der Waals surface area (Å²) in [6.07, 6.45) is 0.705. The van der Waals surface area contributed by atoms with Crippen LogP contribution in [0.2, 0.25) is 5.02 Å². The summed E-state index contributed by atoms with van der Waals surface area (Å²) in [5.41, 5.74) is 1.25. The molecule has 0 bridgehead atoms. The zero-order chi connectivity index (χ0) is 15.1. The highest BCUT2D eigenvalue weighted by Crippen LogP contribution is 2.21. The molecule has 21 heavy (non-hydrogen) atoms. The summed E-state index contributed by atoms with van der Waals surface area (Å²) >= 11 is 5.81. The van der Waals surface area contributed by atoms with Crippen molar-refractivity contribution in [2.45, 2.75) is 0 Å². The van der Waals surface area contributed by atoms with Gasteiger partial charge in [-0.3, -0.25) is 4.79 Å². The van der Waals surface area contributed by atoms with Crippen molar-refractivity contribution in [3.05, 3.63) is 58.6 Å². The minimum Gasteiger partial charge on any atom is -0.497 e. The first-order valence-corrected chi connectivity index (χ1v) is 6.61. The Labute approximate surface area is 128 Å². The van der Waals surface area contributed by atoms with Crippen LogP contribution in [0.4, 0.5) is 0 Å². The fraction of sp³-hybridized carbons (Fsp3) is 0.118. The van der Waals surface area contributed by atoms with Crippen molar-refractivity contribution < 1.29 is 14.3 Å². The Hall–Kier alpha value is -2.44. The minimum atomic E-state index is 0.180. The van der Waals surface area contributed by atoms with Crippen LogP contribution in [0.15, 0.2) is 42.5 Å². The molecule has 0 aliphatic carbocycles. The molecule has 0 aliphatic rings. The number of rotatable bonds is 4. The molecule has 3 nitrogen and oxygen atoms in total. The predicted molar refractivity (Wildman–Crippen MR) is 82.2 cm³/mol. The van der Waals surface area contributed by atoms with Gasteiger partial charge in [-0.2, -0.15) is 0 Å². The average molecular weight is 301 g/mol. The Morgan fingerprint density at radius 1 is 1.24 bits per heavy atom. The van der Waals surface area contributed by atoms with Crippen LogP contribution in [0.5, 0.6) is 11.5 Å². The van der Waals surface area contributed by atoms with E-state index in [1.165, 1.54) is 0 Å². The van der Waals surface area contributed by atoms with E-state index in [4.69, 9.17) is 21.1 Å². The van der Waals surface area contributed by atoms with Gasteiger partial charge in [0.15, 0.2) is 6.29 Å². The summed E-state index contributed by atoms with van der Waals surface area (Å²) < 4.78 is 10.6. The molecule has 0 aliphatic heterocycles. The highest BCUT2D eigenvalue weighted by Gasteiger charge is 2.02. The Morgan fingerprint density at radius 2 is 2.10 bits per heavy atom. The Bertz CT molecular complexity index is 699. The van der Waals surface area contributed by atoms with Gasteiger partial charge in [-0.1, -0.05) is 29.5 Å². The van der Waals surface area contributed by atoms with Crippen molar-refractivity contribution in [2.24, 2.45) is 0 Å². The summed E-state index contributed by atoms with van der Waals surface area (Å²) in [5.74, 6) is 7.08. The zero-order valence-electron chi connectivity index (χ0n) is 11.4. The second kappa shape index (κ2) is 7.37. The molecule has 0 saturated heterocycles. The lowest BCUT2D eigenvalue weighted by Crippen LogP contribution is -1.97. The van der Waals surface area contributed by atoms with Crippen molar-refractivity contribution in [2.75, 3.05) is 13.7 Å². The van der Waals surface area contributed by atoms with E-state index in [0.717, 1.165) is 11.3 Å². The Kier molecular flexibility index (Phi) is 5.25. The first-order chi connectivity index (χ1) is 10.2. The number of hydrogen-bond acceptors (Lipinski definition) is 3. The molecular weight excluding hydrogens is 288 g/mol.